The topological polar surface area (TPSA) is 70.1 Å². The number of ketones is 1. The minimum atomic E-state index is -0.565. The number of thioether (sulfide) groups is 1. The Balaban J connectivity index is 1.67. The van der Waals surface area contributed by atoms with Crippen LogP contribution in [0.4, 0.5) is 5.69 Å². The molecule has 8 heteroatoms. The minimum Gasteiger partial charge on any atom is -0.384 e. The molecule has 0 aromatic heterocycles. The molecule has 41 heavy (non-hydrogen) atoms. The highest BCUT2D eigenvalue weighted by molar-refractivity contribution is 7.98. The molecule has 1 unspecified atom stereocenters. The molecule has 0 radical (unpaired) electrons. The van der Waals surface area contributed by atoms with Gasteiger partial charge in [0, 0.05) is 43.4 Å². The van der Waals surface area contributed by atoms with Crippen molar-refractivity contribution >= 4 is 58.0 Å². The zero-order chi connectivity index (χ0) is 29.6. The number of nitriles is 1. The molecule has 0 spiro atoms. The number of aryl methyl sites for hydroxylation is 2. The van der Waals surface area contributed by atoms with E-state index in [1.807, 2.05) is 36.1 Å². The van der Waals surface area contributed by atoms with Gasteiger partial charge in [-0.05, 0) is 90.4 Å². The van der Waals surface area contributed by atoms with Gasteiger partial charge in [0.1, 0.15) is 5.82 Å². The van der Waals surface area contributed by atoms with Crippen LogP contribution in [0.2, 0.25) is 15.1 Å². The fourth-order valence-electron chi connectivity index (χ4n) is 5.86. The highest BCUT2D eigenvalue weighted by atomic mass is 35.5. The molecule has 1 aliphatic heterocycles. The lowest BCUT2D eigenvalue weighted by atomic mass is 9.68. The maximum absolute atomic E-state index is 14.0. The largest absolute Gasteiger partial charge is 0.384 e. The van der Waals surface area contributed by atoms with Crippen molar-refractivity contribution in [3.8, 4) is 6.07 Å². The SMILES string of the molecule is Cc1cc(C)c(C2C(C#N)=C(N)N(c3cc(Cl)cc(Cl)c3)C3=C2C(=O)CC(C)(C)C3)cc1CSc1ccc(Cl)cc1. The molecule has 0 saturated heterocycles. The second-order valence-electron chi connectivity index (χ2n) is 11.5. The van der Waals surface area contributed by atoms with Crippen molar-refractivity contribution < 1.29 is 4.79 Å². The van der Waals surface area contributed by atoms with E-state index < -0.39 is 5.92 Å². The number of allylic oxidation sites excluding steroid dienone is 3. The van der Waals surface area contributed by atoms with Gasteiger partial charge in [0.25, 0.3) is 0 Å². The number of carbonyl (C=O) groups is 1. The first-order valence-corrected chi connectivity index (χ1v) is 15.4. The summed E-state index contributed by atoms with van der Waals surface area (Å²) in [6, 6.07) is 19.6. The maximum atomic E-state index is 14.0. The zero-order valence-electron chi connectivity index (χ0n) is 23.3. The summed E-state index contributed by atoms with van der Waals surface area (Å²) >= 11 is 20.5. The zero-order valence-corrected chi connectivity index (χ0v) is 26.4. The van der Waals surface area contributed by atoms with Crippen LogP contribution in [0, 0.1) is 30.6 Å². The van der Waals surface area contributed by atoms with Crippen molar-refractivity contribution in [3.05, 3.63) is 115 Å². The maximum Gasteiger partial charge on any atom is 0.162 e. The Bertz CT molecular complexity index is 1650. The molecule has 0 amide bonds. The van der Waals surface area contributed by atoms with E-state index in [0.717, 1.165) is 38.6 Å². The van der Waals surface area contributed by atoms with Crippen molar-refractivity contribution in [3.63, 3.8) is 0 Å². The number of hydrogen-bond acceptors (Lipinski definition) is 5. The third-order valence-electron chi connectivity index (χ3n) is 7.73. The normalized spacial score (nSPS) is 18.4. The van der Waals surface area contributed by atoms with Crippen LogP contribution < -0.4 is 10.6 Å². The number of halogens is 3. The molecule has 0 saturated carbocycles. The Labute approximate surface area is 260 Å². The van der Waals surface area contributed by atoms with E-state index in [4.69, 9.17) is 40.5 Å². The molecule has 210 valence electrons. The average molecular weight is 623 g/mol. The molecule has 1 aliphatic carbocycles. The molecule has 5 rings (SSSR count). The number of carbonyl (C=O) groups excluding carboxylic acids is 1. The number of nitrogens with two attached hydrogens (primary N) is 1. The van der Waals surface area contributed by atoms with Gasteiger partial charge in [-0.25, -0.2) is 0 Å². The lowest BCUT2D eigenvalue weighted by Crippen LogP contribution is -2.42. The Hall–Kier alpha value is -2.88. The number of anilines is 1. The van der Waals surface area contributed by atoms with Gasteiger partial charge in [-0.15, -0.1) is 11.8 Å². The third-order valence-corrected chi connectivity index (χ3v) is 9.48. The van der Waals surface area contributed by atoms with Crippen LogP contribution in [0.15, 0.2) is 82.2 Å². The Morgan fingerprint density at radius 2 is 1.63 bits per heavy atom. The Kier molecular flexibility index (Phi) is 8.25. The summed E-state index contributed by atoms with van der Waals surface area (Å²) in [6.45, 7) is 8.28. The van der Waals surface area contributed by atoms with Gasteiger partial charge in [0.15, 0.2) is 5.78 Å². The van der Waals surface area contributed by atoms with Crippen LogP contribution in [0.3, 0.4) is 0 Å². The van der Waals surface area contributed by atoms with Crippen molar-refractivity contribution in [1.82, 2.24) is 0 Å². The van der Waals surface area contributed by atoms with Gasteiger partial charge < -0.3 is 5.73 Å². The molecular formula is C33H30Cl3N3OS. The van der Waals surface area contributed by atoms with Gasteiger partial charge in [-0.2, -0.15) is 5.26 Å². The molecule has 3 aromatic carbocycles. The first-order valence-electron chi connectivity index (χ1n) is 13.3. The van der Waals surface area contributed by atoms with Gasteiger partial charge in [0.05, 0.1) is 23.2 Å². The van der Waals surface area contributed by atoms with Crippen LogP contribution in [-0.4, -0.2) is 5.78 Å². The molecule has 2 aliphatic rings. The summed E-state index contributed by atoms with van der Waals surface area (Å²) in [5.41, 5.74) is 13.2. The van der Waals surface area contributed by atoms with Gasteiger partial charge in [-0.1, -0.05) is 60.8 Å². The smallest absolute Gasteiger partial charge is 0.162 e. The van der Waals surface area contributed by atoms with Crippen molar-refractivity contribution in [1.29, 1.82) is 5.26 Å². The summed E-state index contributed by atoms with van der Waals surface area (Å²) in [5, 5.41) is 12.1. The van der Waals surface area contributed by atoms with Crippen LogP contribution in [-0.2, 0) is 10.5 Å². The Morgan fingerprint density at radius 1 is 0.976 bits per heavy atom. The molecular weight excluding hydrogens is 593 g/mol. The van der Waals surface area contributed by atoms with Crippen LogP contribution >= 0.6 is 46.6 Å². The van der Waals surface area contributed by atoms with Crippen LogP contribution in [0.25, 0.3) is 0 Å². The van der Waals surface area contributed by atoms with E-state index in [1.165, 1.54) is 0 Å². The summed E-state index contributed by atoms with van der Waals surface area (Å²) in [7, 11) is 0. The fraction of sp³-hybridized carbons (Fsp3) is 0.273. The monoisotopic (exact) mass is 621 g/mol. The quantitative estimate of drug-likeness (QED) is 0.287. The van der Waals surface area contributed by atoms with E-state index >= 15 is 0 Å². The van der Waals surface area contributed by atoms with E-state index in [1.54, 1.807) is 30.0 Å². The van der Waals surface area contributed by atoms with E-state index in [2.05, 4.69) is 39.0 Å². The number of benzene rings is 3. The second-order valence-corrected chi connectivity index (χ2v) is 13.8. The molecule has 3 aromatic rings. The van der Waals surface area contributed by atoms with Gasteiger partial charge in [-0.3, -0.25) is 9.69 Å². The molecule has 2 N–H and O–H groups in total. The number of hydrogen-bond donors (Lipinski definition) is 1. The number of nitrogens with zero attached hydrogens (tertiary/aromatic N) is 2. The summed E-state index contributed by atoms with van der Waals surface area (Å²) < 4.78 is 0. The first kappa shape index (κ1) is 29.6. The number of Topliss-reactive ketones (excluding diaryl/α,β-unsaturated/α-hetero) is 1. The average Bonchev–Trinajstić information content (AvgIpc) is 2.87. The highest BCUT2D eigenvalue weighted by Crippen LogP contribution is 2.51. The van der Waals surface area contributed by atoms with E-state index in [9.17, 15) is 10.1 Å². The van der Waals surface area contributed by atoms with Crippen LogP contribution in [0.1, 0.15) is 54.9 Å². The molecule has 1 heterocycles. The van der Waals surface area contributed by atoms with Crippen molar-refractivity contribution in [2.75, 3.05) is 4.90 Å². The van der Waals surface area contributed by atoms with E-state index in [0.29, 0.717) is 44.7 Å². The Morgan fingerprint density at radius 3 is 2.27 bits per heavy atom. The second kappa shape index (κ2) is 11.4. The highest BCUT2D eigenvalue weighted by Gasteiger charge is 2.45. The minimum absolute atomic E-state index is 0.0247. The van der Waals surface area contributed by atoms with Gasteiger partial charge >= 0.3 is 0 Å². The lowest BCUT2D eigenvalue weighted by molar-refractivity contribution is -0.118. The summed E-state index contributed by atoms with van der Waals surface area (Å²) in [4.78, 5) is 16.9. The standard InChI is InChI=1S/C33H30Cl3N3OS/c1-18-9-19(2)26(10-20(18)17-41-25-7-5-21(34)6-8-25)30-27(16-37)32(38)39(24-12-22(35)11-23(36)13-24)28-14-33(3,4)15-29(40)31(28)30/h5-13,30H,14-15,17,38H2,1-4H3. The van der Waals surface area contributed by atoms with E-state index in [-0.39, 0.29) is 17.0 Å². The van der Waals surface area contributed by atoms with Gasteiger partial charge in [0.2, 0.25) is 0 Å². The van der Waals surface area contributed by atoms with Crippen molar-refractivity contribution in [2.24, 2.45) is 11.1 Å². The predicted octanol–water partition coefficient (Wildman–Crippen LogP) is 9.50. The third kappa shape index (κ3) is 5.90. The molecule has 0 fully saturated rings. The summed E-state index contributed by atoms with van der Waals surface area (Å²) in [6.07, 6.45) is 0.994. The molecule has 0 bridgehead atoms. The fourth-order valence-corrected chi connectivity index (χ4v) is 7.46. The van der Waals surface area contributed by atoms with Crippen LogP contribution in [0.5, 0.6) is 0 Å². The predicted molar refractivity (Wildman–Crippen MR) is 170 cm³/mol. The van der Waals surface area contributed by atoms with Crippen molar-refractivity contribution in [2.45, 2.75) is 57.1 Å². The lowest BCUT2D eigenvalue weighted by Gasteiger charge is -2.44. The first-order chi connectivity index (χ1) is 19.4. The summed E-state index contributed by atoms with van der Waals surface area (Å²) in [5.74, 6) is 0.479. The number of rotatable bonds is 5. The molecule has 1 atom stereocenters. The molecule has 4 nitrogen and oxygen atoms in total.